The van der Waals surface area contributed by atoms with Crippen LogP contribution in [-0.4, -0.2) is 24.0 Å². The number of nitrogens with one attached hydrogen (secondary N) is 2. The number of hydrogen-bond acceptors (Lipinski definition) is 3. The van der Waals surface area contributed by atoms with E-state index in [1.54, 1.807) is 6.92 Å². The maximum absolute atomic E-state index is 11.6. The maximum atomic E-state index is 11.6. The summed E-state index contributed by atoms with van der Waals surface area (Å²) in [5, 5.41) is 5.43. The molecule has 1 fully saturated rings. The number of rotatable bonds is 5. The predicted molar refractivity (Wildman–Crippen MR) is 71.0 cm³/mol. The highest BCUT2D eigenvalue weighted by Gasteiger charge is 2.25. The van der Waals surface area contributed by atoms with E-state index in [0.29, 0.717) is 12.0 Å². The van der Waals surface area contributed by atoms with Gasteiger partial charge in [0.15, 0.2) is 0 Å². The summed E-state index contributed by atoms with van der Waals surface area (Å²) in [5.74, 6) is 0.296. The van der Waals surface area contributed by atoms with Gasteiger partial charge in [0.25, 0.3) is 0 Å². The summed E-state index contributed by atoms with van der Waals surface area (Å²) < 4.78 is 0. The molecule has 0 aromatic heterocycles. The topological polar surface area (TPSA) is 84.2 Å². The van der Waals surface area contributed by atoms with Gasteiger partial charge in [-0.2, -0.15) is 0 Å². The molecule has 104 valence electrons. The molecule has 1 aliphatic carbocycles. The summed E-state index contributed by atoms with van der Waals surface area (Å²) in [6.45, 7) is 3.90. The lowest BCUT2D eigenvalue weighted by molar-refractivity contribution is -0.121. The van der Waals surface area contributed by atoms with Gasteiger partial charge in [-0.15, -0.1) is 0 Å². The van der Waals surface area contributed by atoms with Gasteiger partial charge in [0.2, 0.25) is 5.91 Å². The fourth-order valence-electron chi connectivity index (χ4n) is 2.75. The number of amides is 3. The van der Waals surface area contributed by atoms with Gasteiger partial charge in [0.05, 0.1) is 6.04 Å². The zero-order valence-corrected chi connectivity index (χ0v) is 11.4. The average Bonchev–Trinajstić information content (AvgIpc) is 2.35. The van der Waals surface area contributed by atoms with Crippen molar-refractivity contribution in [3.8, 4) is 0 Å². The minimum absolute atomic E-state index is 0.346. The van der Waals surface area contributed by atoms with Crippen molar-refractivity contribution in [3.63, 3.8) is 0 Å². The van der Waals surface area contributed by atoms with Gasteiger partial charge in [-0.05, 0) is 32.1 Å². The summed E-state index contributed by atoms with van der Waals surface area (Å²) >= 11 is 0. The molecule has 0 aromatic rings. The molecule has 5 heteroatoms. The van der Waals surface area contributed by atoms with Crippen molar-refractivity contribution in [1.29, 1.82) is 0 Å². The summed E-state index contributed by atoms with van der Waals surface area (Å²) in [5.41, 5.74) is 4.94. The van der Waals surface area contributed by atoms with Crippen LogP contribution in [0.2, 0.25) is 0 Å². The van der Waals surface area contributed by atoms with Crippen molar-refractivity contribution >= 4 is 11.9 Å². The molecule has 1 rings (SSSR count). The Morgan fingerprint density at radius 1 is 1.28 bits per heavy atom. The first-order valence-electron chi connectivity index (χ1n) is 6.91. The first kappa shape index (κ1) is 15.0. The molecule has 0 saturated heterocycles. The number of hydrogen-bond donors (Lipinski definition) is 3. The van der Waals surface area contributed by atoms with E-state index >= 15 is 0 Å². The SMILES string of the molecule is CCC(NC(C)C(=O)NC(N)=O)C1CCCCC1. The molecular formula is C13H25N3O2. The first-order chi connectivity index (χ1) is 8.54. The van der Waals surface area contributed by atoms with E-state index in [4.69, 9.17) is 5.73 Å². The highest BCUT2D eigenvalue weighted by atomic mass is 16.2. The number of urea groups is 1. The van der Waals surface area contributed by atoms with Crippen molar-refractivity contribution in [2.75, 3.05) is 0 Å². The largest absolute Gasteiger partial charge is 0.351 e. The number of carbonyl (C=O) groups is 2. The number of primary amides is 1. The lowest BCUT2D eigenvalue weighted by Gasteiger charge is -2.32. The molecule has 0 heterocycles. The van der Waals surface area contributed by atoms with E-state index in [1.807, 2.05) is 0 Å². The third-order valence-electron chi connectivity index (χ3n) is 3.76. The highest BCUT2D eigenvalue weighted by molar-refractivity contribution is 5.96. The van der Waals surface area contributed by atoms with E-state index in [9.17, 15) is 9.59 Å². The molecule has 2 atom stereocenters. The second-order valence-corrected chi connectivity index (χ2v) is 5.15. The van der Waals surface area contributed by atoms with Crippen LogP contribution >= 0.6 is 0 Å². The lowest BCUT2D eigenvalue weighted by Crippen LogP contribution is -2.51. The fraction of sp³-hybridized carbons (Fsp3) is 0.846. The van der Waals surface area contributed by atoms with Crippen LogP contribution < -0.4 is 16.4 Å². The zero-order chi connectivity index (χ0) is 13.5. The monoisotopic (exact) mass is 255 g/mol. The maximum Gasteiger partial charge on any atom is 0.318 e. The van der Waals surface area contributed by atoms with Gasteiger partial charge in [-0.25, -0.2) is 4.79 Å². The van der Waals surface area contributed by atoms with Crippen molar-refractivity contribution in [1.82, 2.24) is 10.6 Å². The molecule has 0 spiro atoms. The van der Waals surface area contributed by atoms with Crippen molar-refractivity contribution < 1.29 is 9.59 Å². The van der Waals surface area contributed by atoms with Crippen LogP contribution in [0.15, 0.2) is 0 Å². The van der Waals surface area contributed by atoms with Gasteiger partial charge in [-0.3, -0.25) is 10.1 Å². The van der Waals surface area contributed by atoms with E-state index in [1.165, 1.54) is 32.1 Å². The normalized spacial score (nSPS) is 20.1. The summed E-state index contributed by atoms with van der Waals surface area (Å²) in [4.78, 5) is 22.2. The molecule has 1 saturated carbocycles. The van der Waals surface area contributed by atoms with Crippen LogP contribution in [0.25, 0.3) is 0 Å². The predicted octanol–water partition coefficient (Wildman–Crippen LogP) is 1.52. The van der Waals surface area contributed by atoms with Crippen LogP contribution in [0.5, 0.6) is 0 Å². The highest BCUT2D eigenvalue weighted by Crippen LogP contribution is 2.27. The summed E-state index contributed by atoms with van der Waals surface area (Å²) in [6.07, 6.45) is 7.35. The summed E-state index contributed by atoms with van der Waals surface area (Å²) in [7, 11) is 0. The minimum atomic E-state index is -0.792. The molecule has 5 nitrogen and oxygen atoms in total. The number of carbonyl (C=O) groups excluding carboxylic acids is 2. The molecular weight excluding hydrogens is 230 g/mol. The molecule has 2 unspecified atom stereocenters. The molecule has 0 aromatic carbocycles. The van der Waals surface area contributed by atoms with E-state index in [0.717, 1.165) is 6.42 Å². The van der Waals surface area contributed by atoms with Gasteiger partial charge in [0, 0.05) is 6.04 Å². The number of imide groups is 1. The molecule has 0 bridgehead atoms. The molecule has 1 aliphatic rings. The zero-order valence-electron chi connectivity index (χ0n) is 11.4. The Kier molecular flexibility index (Phi) is 6.12. The lowest BCUT2D eigenvalue weighted by atomic mass is 9.82. The Balaban J connectivity index is 2.45. The minimum Gasteiger partial charge on any atom is -0.351 e. The second-order valence-electron chi connectivity index (χ2n) is 5.15. The quantitative estimate of drug-likeness (QED) is 0.696. The van der Waals surface area contributed by atoms with Crippen molar-refractivity contribution in [2.45, 2.75) is 64.5 Å². The van der Waals surface area contributed by atoms with E-state index in [-0.39, 0.29) is 11.9 Å². The van der Waals surface area contributed by atoms with Crippen LogP contribution in [0.3, 0.4) is 0 Å². The molecule has 3 amide bonds. The van der Waals surface area contributed by atoms with Gasteiger partial charge in [0.1, 0.15) is 0 Å². The van der Waals surface area contributed by atoms with E-state index in [2.05, 4.69) is 17.6 Å². The Morgan fingerprint density at radius 3 is 2.39 bits per heavy atom. The molecule has 4 N–H and O–H groups in total. The third kappa shape index (κ3) is 4.64. The van der Waals surface area contributed by atoms with E-state index < -0.39 is 6.03 Å². The molecule has 0 aliphatic heterocycles. The number of nitrogens with two attached hydrogens (primary N) is 1. The standard InChI is InChI=1S/C13H25N3O2/c1-3-11(10-7-5-4-6-8-10)15-9(2)12(17)16-13(14)18/h9-11,15H,3-8H2,1-2H3,(H3,14,16,17,18). The third-order valence-corrected chi connectivity index (χ3v) is 3.76. The molecule has 0 radical (unpaired) electrons. The van der Waals surface area contributed by atoms with Gasteiger partial charge >= 0.3 is 6.03 Å². The smallest absolute Gasteiger partial charge is 0.318 e. The Labute approximate surface area is 109 Å². The Morgan fingerprint density at radius 2 is 1.89 bits per heavy atom. The Bertz CT molecular complexity index is 288. The summed E-state index contributed by atoms with van der Waals surface area (Å²) in [6, 6.07) is -0.831. The van der Waals surface area contributed by atoms with Crippen LogP contribution in [-0.2, 0) is 4.79 Å². The van der Waals surface area contributed by atoms with Crippen LogP contribution in [0, 0.1) is 5.92 Å². The second kappa shape index (κ2) is 7.36. The van der Waals surface area contributed by atoms with Gasteiger partial charge in [-0.1, -0.05) is 26.2 Å². The average molecular weight is 255 g/mol. The van der Waals surface area contributed by atoms with Crippen molar-refractivity contribution in [2.24, 2.45) is 11.7 Å². The molecule has 18 heavy (non-hydrogen) atoms. The van der Waals surface area contributed by atoms with Crippen LogP contribution in [0.4, 0.5) is 4.79 Å². The first-order valence-corrected chi connectivity index (χ1v) is 6.91. The van der Waals surface area contributed by atoms with Crippen LogP contribution in [0.1, 0.15) is 52.4 Å². The Hall–Kier alpha value is -1.10. The van der Waals surface area contributed by atoms with Crippen molar-refractivity contribution in [3.05, 3.63) is 0 Å². The van der Waals surface area contributed by atoms with Gasteiger partial charge < -0.3 is 11.1 Å². The fourth-order valence-corrected chi connectivity index (χ4v) is 2.75.